The molecule has 198 valence electrons. The monoisotopic (exact) mass is 521 g/mol. The Hall–Kier alpha value is -3.87. The zero-order chi connectivity index (χ0) is 27.1. The minimum atomic E-state index is -4.96. The lowest BCUT2D eigenvalue weighted by Crippen LogP contribution is -2.43. The Bertz CT molecular complexity index is 1250. The number of hydrogen-bond acceptors (Lipinski definition) is 7. The number of rotatable bonds is 8. The van der Waals surface area contributed by atoms with Crippen molar-refractivity contribution in [3.05, 3.63) is 41.6 Å². The Morgan fingerprint density at radius 1 is 1.14 bits per heavy atom. The van der Waals surface area contributed by atoms with Gasteiger partial charge in [0.05, 0.1) is 12.1 Å². The number of fused-ring (bicyclic) bond motifs is 1. The molecule has 0 saturated carbocycles. The van der Waals surface area contributed by atoms with Crippen LogP contribution in [0, 0.1) is 0 Å². The summed E-state index contributed by atoms with van der Waals surface area (Å²) in [4.78, 5) is 46.9. The predicted molar refractivity (Wildman–Crippen MR) is 126 cm³/mol. The number of amides is 4. The summed E-state index contributed by atoms with van der Waals surface area (Å²) in [6.45, 7) is 3.63. The van der Waals surface area contributed by atoms with Crippen LogP contribution in [0.5, 0.6) is 11.5 Å². The standard InChI is InChI=1S/C24H26F3N5O5/c1-23(2)21(34)32(22(35)31(23)13-14-7-8-28-20-16(14)12-19(33)29-20)15-5-6-17(37-24(25,26)27)18(11-15)36-10-9-30(3)4/h5-8,11H,9-10,12-13H2,1-4H3,(H,28,29,33). The molecule has 1 aromatic heterocycles. The number of nitrogens with zero attached hydrogens (tertiary/aromatic N) is 4. The van der Waals surface area contributed by atoms with Crippen molar-refractivity contribution in [1.29, 1.82) is 0 Å². The number of nitrogens with one attached hydrogen (secondary N) is 1. The molecule has 1 saturated heterocycles. The molecule has 2 aromatic rings. The number of pyridine rings is 1. The molecule has 1 fully saturated rings. The minimum Gasteiger partial charge on any atom is -0.488 e. The molecule has 3 heterocycles. The summed E-state index contributed by atoms with van der Waals surface area (Å²) in [5.74, 6) is -1.22. The van der Waals surface area contributed by atoms with Crippen molar-refractivity contribution in [2.24, 2.45) is 0 Å². The Morgan fingerprint density at radius 2 is 1.86 bits per heavy atom. The van der Waals surface area contributed by atoms with Crippen LogP contribution in [0.4, 0.5) is 29.5 Å². The largest absolute Gasteiger partial charge is 0.573 e. The SMILES string of the molecule is CN(C)CCOc1cc(N2C(=O)N(Cc3ccnc4c3CC(=O)N4)C(C)(C)C2=O)ccc1OC(F)(F)F. The second kappa shape index (κ2) is 9.54. The number of likely N-dealkylation sites (N-methyl/N-ethyl adjacent to an activating group) is 1. The van der Waals surface area contributed by atoms with Gasteiger partial charge in [0.2, 0.25) is 5.91 Å². The van der Waals surface area contributed by atoms with Gasteiger partial charge in [0.15, 0.2) is 11.5 Å². The van der Waals surface area contributed by atoms with E-state index in [0.717, 1.165) is 11.0 Å². The van der Waals surface area contributed by atoms with Gasteiger partial charge in [-0.1, -0.05) is 0 Å². The molecule has 0 spiro atoms. The van der Waals surface area contributed by atoms with Crippen LogP contribution >= 0.6 is 0 Å². The molecule has 37 heavy (non-hydrogen) atoms. The molecule has 0 radical (unpaired) electrons. The maximum Gasteiger partial charge on any atom is 0.573 e. The number of urea groups is 1. The van der Waals surface area contributed by atoms with Gasteiger partial charge in [0, 0.05) is 30.9 Å². The van der Waals surface area contributed by atoms with E-state index in [9.17, 15) is 27.6 Å². The van der Waals surface area contributed by atoms with E-state index in [-0.39, 0.29) is 36.9 Å². The van der Waals surface area contributed by atoms with Crippen LogP contribution < -0.4 is 19.7 Å². The highest BCUT2D eigenvalue weighted by Crippen LogP contribution is 2.40. The summed E-state index contributed by atoms with van der Waals surface area (Å²) in [5, 5.41) is 2.65. The number of halogens is 3. The summed E-state index contributed by atoms with van der Waals surface area (Å²) < 4.78 is 48.4. The van der Waals surface area contributed by atoms with Crippen LogP contribution in [0.1, 0.15) is 25.0 Å². The second-order valence-corrected chi connectivity index (χ2v) is 9.42. The third-order valence-electron chi connectivity index (χ3n) is 6.11. The molecule has 0 bridgehead atoms. The van der Waals surface area contributed by atoms with E-state index in [4.69, 9.17) is 4.74 Å². The van der Waals surface area contributed by atoms with Crippen molar-refractivity contribution in [1.82, 2.24) is 14.8 Å². The highest BCUT2D eigenvalue weighted by molar-refractivity contribution is 6.23. The smallest absolute Gasteiger partial charge is 0.488 e. The van der Waals surface area contributed by atoms with Crippen LogP contribution in [-0.2, 0) is 22.6 Å². The van der Waals surface area contributed by atoms with E-state index in [1.807, 2.05) is 0 Å². The molecule has 13 heteroatoms. The van der Waals surface area contributed by atoms with E-state index >= 15 is 0 Å². The van der Waals surface area contributed by atoms with Crippen molar-refractivity contribution in [3.63, 3.8) is 0 Å². The Labute approximate surface area is 210 Å². The van der Waals surface area contributed by atoms with Crippen molar-refractivity contribution in [3.8, 4) is 11.5 Å². The topological polar surface area (TPSA) is 104 Å². The molecule has 0 aliphatic carbocycles. The van der Waals surface area contributed by atoms with Gasteiger partial charge in [-0.05, 0) is 51.7 Å². The first kappa shape index (κ1) is 26.2. The fourth-order valence-corrected chi connectivity index (χ4v) is 4.12. The summed E-state index contributed by atoms with van der Waals surface area (Å²) >= 11 is 0. The van der Waals surface area contributed by atoms with E-state index < -0.39 is 29.6 Å². The molecule has 1 N–H and O–H groups in total. The van der Waals surface area contributed by atoms with Crippen LogP contribution in [0.2, 0.25) is 0 Å². The molecular formula is C24H26F3N5O5. The number of ether oxygens (including phenoxy) is 2. The summed E-state index contributed by atoms with van der Waals surface area (Å²) in [6, 6.07) is 4.40. The fraction of sp³-hybridized carbons (Fsp3) is 0.417. The molecule has 10 nitrogen and oxygen atoms in total. The van der Waals surface area contributed by atoms with Crippen molar-refractivity contribution >= 4 is 29.4 Å². The van der Waals surface area contributed by atoms with E-state index in [0.29, 0.717) is 23.5 Å². The van der Waals surface area contributed by atoms with Crippen molar-refractivity contribution < 1.29 is 37.0 Å². The molecule has 4 rings (SSSR count). The lowest BCUT2D eigenvalue weighted by molar-refractivity contribution is -0.275. The summed E-state index contributed by atoms with van der Waals surface area (Å²) in [7, 11) is 3.55. The quantitative estimate of drug-likeness (QED) is 0.532. The van der Waals surface area contributed by atoms with Gasteiger partial charge in [0.25, 0.3) is 5.91 Å². The predicted octanol–water partition coefficient (Wildman–Crippen LogP) is 3.16. The number of carbonyl (C=O) groups is 3. The third kappa shape index (κ3) is 5.31. The highest BCUT2D eigenvalue weighted by Gasteiger charge is 2.52. The number of aromatic nitrogens is 1. The zero-order valence-electron chi connectivity index (χ0n) is 20.7. The number of hydrogen-bond donors (Lipinski definition) is 1. The molecule has 4 amide bonds. The highest BCUT2D eigenvalue weighted by atomic mass is 19.4. The van der Waals surface area contributed by atoms with Crippen LogP contribution in [-0.4, -0.2) is 71.8 Å². The number of benzene rings is 1. The average Bonchev–Trinajstić information content (AvgIpc) is 3.24. The second-order valence-electron chi connectivity index (χ2n) is 9.42. The van der Waals surface area contributed by atoms with E-state index in [1.54, 1.807) is 38.9 Å². The van der Waals surface area contributed by atoms with E-state index in [2.05, 4.69) is 15.0 Å². The maximum absolute atomic E-state index is 13.5. The Balaban J connectivity index is 1.65. The average molecular weight is 521 g/mol. The molecule has 2 aliphatic heterocycles. The first-order valence-corrected chi connectivity index (χ1v) is 11.4. The van der Waals surface area contributed by atoms with Crippen LogP contribution in [0.3, 0.4) is 0 Å². The fourth-order valence-electron chi connectivity index (χ4n) is 4.12. The van der Waals surface area contributed by atoms with Gasteiger partial charge >= 0.3 is 12.4 Å². The van der Waals surface area contributed by atoms with Gasteiger partial charge in [-0.3, -0.25) is 9.59 Å². The molecule has 0 unspecified atom stereocenters. The van der Waals surface area contributed by atoms with Crippen LogP contribution in [0.15, 0.2) is 30.5 Å². The Morgan fingerprint density at radius 3 is 2.54 bits per heavy atom. The number of carbonyl (C=O) groups excluding carboxylic acids is 3. The van der Waals surface area contributed by atoms with Gasteiger partial charge in [0.1, 0.15) is 18.0 Å². The number of alkyl halides is 3. The molecule has 0 atom stereocenters. The third-order valence-corrected chi connectivity index (χ3v) is 6.11. The molecule has 2 aliphatic rings. The van der Waals surface area contributed by atoms with Crippen molar-refractivity contribution in [2.75, 3.05) is 37.5 Å². The van der Waals surface area contributed by atoms with Gasteiger partial charge < -0.3 is 24.6 Å². The normalized spacial score (nSPS) is 16.9. The van der Waals surface area contributed by atoms with Gasteiger partial charge in [-0.25, -0.2) is 14.7 Å². The van der Waals surface area contributed by atoms with E-state index in [1.165, 1.54) is 23.2 Å². The first-order chi connectivity index (χ1) is 17.3. The number of anilines is 2. The lowest BCUT2D eigenvalue weighted by atomic mass is 10.0. The van der Waals surface area contributed by atoms with Crippen LogP contribution in [0.25, 0.3) is 0 Å². The maximum atomic E-state index is 13.5. The molecular weight excluding hydrogens is 495 g/mol. The van der Waals surface area contributed by atoms with Gasteiger partial charge in [-0.15, -0.1) is 13.2 Å². The lowest BCUT2D eigenvalue weighted by Gasteiger charge is -2.28. The number of imide groups is 1. The minimum absolute atomic E-state index is 0.0232. The summed E-state index contributed by atoms with van der Waals surface area (Å²) in [6.07, 6.45) is -3.35. The first-order valence-electron chi connectivity index (χ1n) is 11.4. The summed E-state index contributed by atoms with van der Waals surface area (Å²) in [5.41, 5.74) is 0.0566. The molecule has 1 aromatic carbocycles. The van der Waals surface area contributed by atoms with Crippen molar-refractivity contribution in [2.45, 2.75) is 38.7 Å². The zero-order valence-corrected chi connectivity index (χ0v) is 20.7. The Kier molecular flexibility index (Phi) is 6.76. The van der Waals surface area contributed by atoms with Gasteiger partial charge in [-0.2, -0.15) is 0 Å².